The summed E-state index contributed by atoms with van der Waals surface area (Å²) in [6.45, 7) is 6.69. The Labute approximate surface area is 195 Å². The number of hydrogen-bond donors (Lipinski definition) is 2. The van der Waals surface area contributed by atoms with Crippen molar-refractivity contribution in [2.45, 2.75) is 43.5 Å². The van der Waals surface area contributed by atoms with Gasteiger partial charge in [0.05, 0.1) is 17.8 Å². The lowest BCUT2D eigenvalue weighted by Gasteiger charge is -2.41. The van der Waals surface area contributed by atoms with E-state index in [4.69, 9.17) is 16.3 Å². The lowest BCUT2D eigenvalue weighted by Crippen LogP contribution is -2.53. The first-order chi connectivity index (χ1) is 15.1. The standard InChI is InChI=1S/C23H30ClN3O4S/c1-23(2,27-13-7-4-8-14-27)16-25-22(28)17-11-12-18(24)21(15-17)32(29,30)26-19-9-5-6-10-20(19)31-3/h5-6,9-12,15,26H,4,7-8,13-14,16H2,1-3H3,(H,25,28). The average molecular weight is 480 g/mol. The monoisotopic (exact) mass is 479 g/mol. The van der Waals surface area contributed by atoms with Crippen LogP contribution in [0.5, 0.6) is 5.75 Å². The van der Waals surface area contributed by atoms with Gasteiger partial charge in [0.25, 0.3) is 15.9 Å². The summed E-state index contributed by atoms with van der Waals surface area (Å²) >= 11 is 6.19. The van der Waals surface area contributed by atoms with Crippen LogP contribution < -0.4 is 14.8 Å². The number of hydrogen-bond acceptors (Lipinski definition) is 5. The average Bonchev–Trinajstić information content (AvgIpc) is 2.78. The predicted octanol–water partition coefficient (Wildman–Crippen LogP) is 4.14. The smallest absolute Gasteiger partial charge is 0.263 e. The molecule has 1 aliphatic heterocycles. The van der Waals surface area contributed by atoms with Crippen molar-refractivity contribution < 1.29 is 17.9 Å². The van der Waals surface area contributed by atoms with Crippen LogP contribution >= 0.6 is 11.6 Å². The number of piperidine rings is 1. The zero-order chi connectivity index (χ0) is 23.4. The molecule has 32 heavy (non-hydrogen) atoms. The van der Waals surface area contributed by atoms with Gasteiger partial charge in [-0.1, -0.05) is 30.2 Å². The molecule has 0 aliphatic carbocycles. The van der Waals surface area contributed by atoms with Crippen molar-refractivity contribution in [2.24, 2.45) is 0 Å². The Bertz CT molecular complexity index is 1070. The fraction of sp³-hybridized carbons (Fsp3) is 0.435. The summed E-state index contributed by atoms with van der Waals surface area (Å²) in [6, 6.07) is 10.9. The van der Waals surface area contributed by atoms with Crippen LogP contribution in [-0.2, 0) is 10.0 Å². The third-order valence-electron chi connectivity index (χ3n) is 5.73. The number of carbonyl (C=O) groups is 1. The number of nitrogens with one attached hydrogen (secondary N) is 2. The quantitative estimate of drug-likeness (QED) is 0.594. The minimum Gasteiger partial charge on any atom is -0.495 e. The van der Waals surface area contributed by atoms with Gasteiger partial charge in [-0.2, -0.15) is 0 Å². The number of ether oxygens (including phenoxy) is 1. The number of benzene rings is 2. The summed E-state index contributed by atoms with van der Waals surface area (Å²) < 4.78 is 33.7. The summed E-state index contributed by atoms with van der Waals surface area (Å²) in [4.78, 5) is 15.0. The number of likely N-dealkylation sites (tertiary alicyclic amines) is 1. The molecule has 1 fully saturated rings. The molecule has 1 amide bonds. The van der Waals surface area contributed by atoms with E-state index in [1.807, 2.05) is 0 Å². The summed E-state index contributed by atoms with van der Waals surface area (Å²) in [6.07, 6.45) is 3.56. The maximum absolute atomic E-state index is 13.0. The van der Waals surface area contributed by atoms with Crippen molar-refractivity contribution in [3.8, 4) is 5.75 Å². The molecular weight excluding hydrogens is 450 g/mol. The van der Waals surface area contributed by atoms with Crippen LogP contribution in [0.4, 0.5) is 5.69 Å². The number of halogens is 1. The molecule has 0 spiro atoms. The van der Waals surface area contributed by atoms with Gasteiger partial charge in [-0.15, -0.1) is 0 Å². The van der Waals surface area contributed by atoms with Crippen molar-refractivity contribution in [3.63, 3.8) is 0 Å². The Morgan fingerprint density at radius 1 is 1.12 bits per heavy atom. The second-order valence-electron chi connectivity index (χ2n) is 8.49. The molecule has 3 rings (SSSR count). The molecule has 0 radical (unpaired) electrons. The molecule has 0 atom stereocenters. The van der Waals surface area contributed by atoms with E-state index < -0.39 is 10.0 Å². The molecule has 1 heterocycles. The van der Waals surface area contributed by atoms with E-state index >= 15 is 0 Å². The van der Waals surface area contributed by atoms with Crippen LogP contribution in [0.25, 0.3) is 0 Å². The first kappa shape index (κ1) is 24.4. The first-order valence-corrected chi connectivity index (χ1v) is 12.5. The van der Waals surface area contributed by atoms with Crippen LogP contribution in [0.15, 0.2) is 47.4 Å². The highest BCUT2D eigenvalue weighted by Gasteiger charge is 2.29. The highest BCUT2D eigenvalue weighted by molar-refractivity contribution is 7.92. The zero-order valence-corrected chi connectivity index (χ0v) is 20.2. The highest BCUT2D eigenvalue weighted by atomic mass is 35.5. The highest BCUT2D eigenvalue weighted by Crippen LogP contribution is 2.29. The number of sulfonamides is 1. The van der Waals surface area contributed by atoms with E-state index in [1.165, 1.54) is 31.7 Å². The van der Waals surface area contributed by atoms with E-state index in [9.17, 15) is 13.2 Å². The van der Waals surface area contributed by atoms with Gasteiger partial charge in [0.1, 0.15) is 10.6 Å². The van der Waals surface area contributed by atoms with Gasteiger partial charge in [-0.25, -0.2) is 8.42 Å². The SMILES string of the molecule is COc1ccccc1NS(=O)(=O)c1cc(C(=O)NCC(C)(C)N2CCCCC2)ccc1Cl. The Hall–Kier alpha value is -2.29. The molecular formula is C23H30ClN3O4S. The summed E-state index contributed by atoms with van der Waals surface area (Å²) in [7, 11) is -2.59. The summed E-state index contributed by atoms with van der Waals surface area (Å²) in [5.74, 6) is 0.0292. The normalized spacial score (nSPS) is 15.2. The van der Waals surface area contributed by atoms with Crippen LogP contribution in [-0.4, -0.2) is 51.5 Å². The third-order valence-corrected chi connectivity index (χ3v) is 7.57. The van der Waals surface area contributed by atoms with Gasteiger partial charge in [-0.05, 0) is 70.1 Å². The Balaban J connectivity index is 1.76. The van der Waals surface area contributed by atoms with E-state index in [0.29, 0.717) is 12.3 Å². The molecule has 1 saturated heterocycles. The Kier molecular flexibility index (Phi) is 7.69. The second kappa shape index (κ2) is 10.1. The fourth-order valence-corrected chi connectivity index (χ4v) is 5.39. The van der Waals surface area contributed by atoms with Gasteiger partial charge in [0.2, 0.25) is 0 Å². The van der Waals surface area contributed by atoms with E-state index in [1.54, 1.807) is 24.3 Å². The van der Waals surface area contributed by atoms with Crippen molar-refractivity contribution in [3.05, 3.63) is 53.1 Å². The maximum atomic E-state index is 13.0. The number of methoxy groups -OCH3 is 1. The van der Waals surface area contributed by atoms with E-state index in [-0.39, 0.29) is 32.6 Å². The maximum Gasteiger partial charge on any atom is 0.263 e. The van der Waals surface area contributed by atoms with Crippen LogP contribution in [0.2, 0.25) is 5.02 Å². The lowest BCUT2D eigenvalue weighted by atomic mass is 9.98. The number of amides is 1. The summed E-state index contributed by atoms with van der Waals surface area (Å²) in [5, 5.41) is 2.97. The number of anilines is 1. The minimum atomic E-state index is -4.04. The Morgan fingerprint density at radius 2 is 1.81 bits per heavy atom. The van der Waals surface area contributed by atoms with Gasteiger partial charge >= 0.3 is 0 Å². The Morgan fingerprint density at radius 3 is 2.50 bits per heavy atom. The molecule has 9 heteroatoms. The van der Waals surface area contributed by atoms with E-state index in [0.717, 1.165) is 25.9 Å². The summed E-state index contributed by atoms with van der Waals surface area (Å²) in [5.41, 5.74) is 0.316. The van der Waals surface area contributed by atoms with E-state index in [2.05, 4.69) is 28.8 Å². The number of nitrogens with zero attached hydrogens (tertiary/aromatic N) is 1. The topological polar surface area (TPSA) is 87.7 Å². The van der Waals surface area contributed by atoms with Crippen molar-refractivity contribution in [1.29, 1.82) is 0 Å². The second-order valence-corrected chi connectivity index (χ2v) is 10.6. The molecule has 0 bridgehead atoms. The molecule has 1 aliphatic rings. The van der Waals surface area contributed by atoms with Crippen molar-refractivity contribution >= 4 is 33.2 Å². The van der Waals surface area contributed by atoms with Crippen molar-refractivity contribution in [1.82, 2.24) is 10.2 Å². The van der Waals surface area contributed by atoms with Gasteiger partial charge in [0, 0.05) is 17.6 Å². The van der Waals surface area contributed by atoms with Crippen molar-refractivity contribution in [2.75, 3.05) is 31.5 Å². The molecule has 0 unspecified atom stereocenters. The van der Waals surface area contributed by atoms with Crippen LogP contribution in [0.1, 0.15) is 43.5 Å². The molecule has 0 aromatic heterocycles. The third kappa shape index (κ3) is 5.74. The number of para-hydroxylation sites is 2. The van der Waals surface area contributed by atoms with Crippen LogP contribution in [0.3, 0.4) is 0 Å². The van der Waals surface area contributed by atoms with Gasteiger partial charge < -0.3 is 10.1 Å². The molecule has 2 aromatic rings. The molecule has 7 nitrogen and oxygen atoms in total. The van der Waals surface area contributed by atoms with Crippen LogP contribution in [0, 0.1) is 0 Å². The zero-order valence-electron chi connectivity index (χ0n) is 18.7. The largest absolute Gasteiger partial charge is 0.495 e. The molecule has 2 aromatic carbocycles. The minimum absolute atomic E-state index is 0.0256. The molecule has 174 valence electrons. The number of rotatable bonds is 8. The predicted molar refractivity (Wildman–Crippen MR) is 127 cm³/mol. The lowest BCUT2D eigenvalue weighted by molar-refractivity contribution is 0.0797. The molecule has 0 saturated carbocycles. The van der Waals surface area contributed by atoms with Gasteiger partial charge in [-0.3, -0.25) is 14.4 Å². The first-order valence-electron chi connectivity index (χ1n) is 10.6. The van der Waals surface area contributed by atoms with Gasteiger partial charge in [0.15, 0.2) is 0 Å². The molecule has 2 N–H and O–H groups in total. The fourth-order valence-electron chi connectivity index (χ4n) is 3.79. The number of carbonyl (C=O) groups excluding carboxylic acids is 1.